The first kappa shape index (κ1) is 14.2. The molecule has 17 heavy (non-hydrogen) atoms. The summed E-state index contributed by atoms with van der Waals surface area (Å²) in [7, 11) is 1.99. The maximum absolute atomic E-state index is 12.9. The van der Waals surface area contributed by atoms with Gasteiger partial charge in [-0.25, -0.2) is 4.39 Å². The molecule has 1 N–H and O–H groups in total. The van der Waals surface area contributed by atoms with Crippen LogP contribution < -0.4 is 5.32 Å². The first-order chi connectivity index (χ1) is 8.22. The molecule has 0 aromatic heterocycles. The smallest absolute Gasteiger partial charge is 0.123 e. The number of rotatable bonds is 7. The Kier molecular flexibility index (Phi) is 6.20. The van der Waals surface area contributed by atoms with Crippen LogP contribution in [0.1, 0.15) is 51.1 Å². The fourth-order valence-corrected chi connectivity index (χ4v) is 2.42. The van der Waals surface area contributed by atoms with Gasteiger partial charge in [0, 0.05) is 6.04 Å². The fraction of sp³-hybridized carbons (Fsp3) is 0.600. The third-order valence-electron chi connectivity index (χ3n) is 3.46. The lowest BCUT2D eigenvalue weighted by Crippen LogP contribution is -2.25. The predicted molar refractivity (Wildman–Crippen MR) is 71.5 cm³/mol. The van der Waals surface area contributed by atoms with Gasteiger partial charge in [0.2, 0.25) is 0 Å². The molecule has 1 nitrogen and oxygen atoms in total. The maximum Gasteiger partial charge on any atom is 0.123 e. The molecule has 0 aliphatic carbocycles. The van der Waals surface area contributed by atoms with Gasteiger partial charge in [0.15, 0.2) is 0 Å². The van der Waals surface area contributed by atoms with Crippen LogP contribution in [-0.2, 0) is 0 Å². The molecule has 96 valence electrons. The van der Waals surface area contributed by atoms with Crippen LogP contribution in [0.2, 0.25) is 0 Å². The summed E-state index contributed by atoms with van der Waals surface area (Å²) < 4.78 is 12.9. The fourth-order valence-electron chi connectivity index (χ4n) is 2.42. The first-order valence-corrected chi connectivity index (χ1v) is 6.65. The van der Waals surface area contributed by atoms with E-state index in [0.29, 0.717) is 12.0 Å². The van der Waals surface area contributed by atoms with Crippen molar-refractivity contribution in [3.05, 3.63) is 35.6 Å². The van der Waals surface area contributed by atoms with E-state index in [1.807, 2.05) is 19.2 Å². The monoisotopic (exact) mass is 237 g/mol. The normalized spacial score (nSPS) is 14.6. The zero-order valence-corrected chi connectivity index (χ0v) is 11.2. The van der Waals surface area contributed by atoms with Crippen molar-refractivity contribution in [1.29, 1.82) is 0 Å². The highest BCUT2D eigenvalue weighted by molar-refractivity contribution is 5.20. The Bertz CT molecular complexity index is 307. The summed E-state index contributed by atoms with van der Waals surface area (Å²) in [6, 6.07) is 7.22. The first-order valence-electron chi connectivity index (χ1n) is 6.65. The second-order valence-electron chi connectivity index (χ2n) is 4.63. The van der Waals surface area contributed by atoms with Gasteiger partial charge in [0.1, 0.15) is 5.82 Å². The van der Waals surface area contributed by atoms with E-state index in [0.717, 1.165) is 6.42 Å². The van der Waals surface area contributed by atoms with Crippen molar-refractivity contribution < 1.29 is 4.39 Å². The van der Waals surface area contributed by atoms with Gasteiger partial charge in [0.05, 0.1) is 0 Å². The van der Waals surface area contributed by atoms with Gasteiger partial charge in [-0.2, -0.15) is 0 Å². The maximum atomic E-state index is 12.9. The van der Waals surface area contributed by atoms with Crippen molar-refractivity contribution in [2.45, 2.75) is 45.6 Å². The average molecular weight is 237 g/mol. The molecule has 2 atom stereocenters. The Morgan fingerprint density at radius 2 is 1.82 bits per heavy atom. The van der Waals surface area contributed by atoms with Gasteiger partial charge in [-0.15, -0.1) is 0 Å². The molecule has 1 aromatic rings. The van der Waals surface area contributed by atoms with Gasteiger partial charge in [-0.1, -0.05) is 45.2 Å². The number of unbranched alkanes of at least 4 members (excludes halogenated alkanes) is 1. The minimum atomic E-state index is -0.162. The second-order valence-corrected chi connectivity index (χ2v) is 4.63. The zero-order chi connectivity index (χ0) is 12.7. The number of halogens is 1. The Hall–Kier alpha value is -0.890. The van der Waals surface area contributed by atoms with Crippen molar-refractivity contribution in [2.75, 3.05) is 7.05 Å². The van der Waals surface area contributed by atoms with Crippen LogP contribution >= 0.6 is 0 Å². The minimum absolute atomic E-state index is 0.162. The highest BCUT2D eigenvalue weighted by Gasteiger charge is 2.19. The molecule has 0 bridgehead atoms. The summed E-state index contributed by atoms with van der Waals surface area (Å²) in [5.41, 5.74) is 1.19. The zero-order valence-electron chi connectivity index (χ0n) is 11.2. The molecule has 0 heterocycles. The lowest BCUT2D eigenvalue weighted by molar-refractivity contribution is 0.339. The summed E-state index contributed by atoms with van der Waals surface area (Å²) >= 11 is 0. The van der Waals surface area contributed by atoms with E-state index >= 15 is 0 Å². The molecule has 0 saturated carbocycles. The summed E-state index contributed by atoms with van der Waals surface area (Å²) in [5, 5.41) is 3.38. The predicted octanol–water partition coefficient (Wildman–Crippen LogP) is 4.30. The Morgan fingerprint density at radius 3 is 2.29 bits per heavy atom. The molecule has 0 amide bonds. The molecule has 2 heteroatoms. The van der Waals surface area contributed by atoms with E-state index in [1.54, 1.807) is 12.1 Å². The summed E-state index contributed by atoms with van der Waals surface area (Å²) in [6.07, 6.45) is 4.88. The van der Waals surface area contributed by atoms with Crippen LogP contribution in [0.5, 0.6) is 0 Å². The highest BCUT2D eigenvalue weighted by Crippen LogP contribution is 2.28. The average Bonchev–Trinajstić information content (AvgIpc) is 2.36. The SMILES string of the molecule is CCCCC(CC)C(NC)c1ccc(F)cc1. The Balaban J connectivity index is 2.77. The van der Waals surface area contributed by atoms with E-state index in [1.165, 1.54) is 24.8 Å². The van der Waals surface area contributed by atoms with Gasteiger partial charge in [0.25, 0.3) is 0 Å². The van der Waals surface area contributed by atoms with Crippen LogP contribution in [-0.4, -0.2) is 7.05 Å². The molecule has 0 aliphatic rings. The summed E-state index contributed by atoms with van der Waals surface area (Å²) in [4.78, 5) is 0. The van der Waals surface area contributed by atoms with E-state index in [2.05, 4.69) is 19.2 Å². The van der Waals surface area contributed by atoms with Crippen LogP contribution in [0.4, 0.5) is 4.39 Å². The van der Waals surface area contributed by atoms with Gasteiger partial charge in [-0.05, 0) is 37.1 Å². The van der Waals surface area contributed by atoms with Crippen molar-refractivity contribution >= 4 is 0 Å². The van der Waals surface area contributed by atoms with Gasteiger partial charge in [-0.3, -0.25) is 0 Å². The Labute approximate surface area is 104 Å². The highest BCUT2D eigenvalue weighted by atomic mass is 19.1. The van der Waals surface area contributed by atoms with E-state index in [9.17, 15) is 4.39 Å². The number of benzene rings is 1. The van der Waals surface area contributed by atoms with Crippen LogP contribution in [0.3, 0.4) is 0 Å². The molecule has 1 aromatic carbocycles. The lowest BCUT2D eigenvalue weighted by Gasteiger charge is -2.26. The lowest BCUT2D eigenvalue weighted by atomic mass is 9.87. The standard InChI is InChI=1S/C15H24FN/c1-4-6-7-12(5-2)15(17-3)13-8-10-14(16)11-9-13/h8-12,15,17H,4-7H2,1-3H3. The van der Waals surface area contributed by atoms with Crippen LogP contribution in [0, 0.1) is 11.7 Å². The Morgan fingerprint density at radius 1 is 1.18 bits per heavy atom. The molecule has 1 rings (SSSR count). The van der Waals surface area contributed by atoms with E-state index < -0.39 is 0 Å². The number of hydrogen-bond acceptors (Lipinski definition) is 1. The topological polar surface area (TPSA) is 12.0 Å². The second kappa shape index (κ2) is 7.44. The molecular formula is C15H24FN. The van der Waals surface area contributed by atoms with Crippen molar-refractivity contribution in [2.24, 2.45) is 5.92 Å². The molecule has 0 aliphatic heterocycles. The molecule has 0 saturated heterocycles. The van der Waals surface area contributed by atoms with Crippen molar-refractivity contribution in [3.63, 3.8) is 0 Å². The quantitative estimate of drug-likeness (QED) is 0.745. The largest absolute Gasteiger partial charge is 0.313 e. The summed E-state index contributed by atoms with van der Waals surface area (Å²) in [5.74, 6) is 0.468. The van der Waals surface area contributed by atoms with E-state index in [4.69, 9.17) is 0 Å². The molecule has 0 fully saturated rings. The van der Waals surface area contributed by atoms with E-state index in [-0.39, 0.29) is 5.82 Å². The molecular weight excluding hydrogens is 213 g/mol. The summed E-state index contributed by atoms with van der Waals surface area (Å²) in [6.45, 7) is 4.45. The van der Waals surface area contributed by atoms with Gasteiger partial charge < -0.3 is 5.32 Å². The molecule has 2 unspecified atom stereocenters. The number of hydrogen-bond donors (Lipinski definition) is 1. The van der Waals surface area contributed by atoms with Crippen LogP contribution in [0.25, 0.3) is 0 Å². The van der Waals surface area contributed by atoms with Crippen LogP contribution in [0.15, 0.2) is 24.3 Å². The number of nitrogens with one attached hydrogen (secondary N) is 1. The van der Waals surface area contributed by atoms with Crippen molar-refractivity contribution in [3.8, 4) is 0 Å². The van der Waals surface area contributed by atoms with Gasteiger partial charge >= 0.3 is 0 Å². The third kappa shape index (κ3) is 4.12. The van der Waals surface area contributed by atoms with Crippen molar-refractivity contribution in [1.82, 2.24) is 5.32 Å². The molecule has 0 spiro atoms. The minimum Gasteiger partial charge on any atom is -0.313 e. The molecule has 0 radical (unpaired) electrons. The third-order valence-corrected chi connectivity index (χ3v) is 3.46.